The first-order chi connectivity index (χ1) is 9.80. The maximum Gasteiger partial charge on any atom is 0.152 e. The van der Waals surface area contributed by atoms with Crippen LogP contribution in [0, 0.1) is 0 Å². The molecule has 1 aromatic carbocycles. The molecule has 1 aromatic heterocycles. The molecule has 6 nitrogen and oxygen atoms in total. The molecule has 0 amide bonds. The van der Waals surface area contributed by atoms with Crippen molar-refractivity contribution in [3.05, 3.63) is 42.2 Å². The van der Waals surface area contributed by atoms with Crippen molar-refractivity contribution in [2.24, 2.45) is 4.99 Å². The molecule has 0 aliphatic carbocycles. The van der Waals surface area contributed by atoms with Crippen LogP contribution in [0.25, 0.3) is 0 Å². The number of pyridine rings is 1. The summed E-state index contributed by atoms with van der Waals surface area (Å²) in [7, 11) is 3.23. The largest absolute Gasteiger partial charge is 0.497 e. The average Bonchev–Trinajstić information content (AvgIpc) is 2.53. The van der Waals surface area contributed by atoms with Gasteiger partial charge in [-0.05, 0) is 18.2 Å². The maximum atomic E-state index is 5.26. The third kappa shape index (κ3) is 3.00. The number of rotatable bonds is 3. The quantitative estimate of drug-likeness (QED) is 0.912. The summed E-state index contributed by atoms with van der Waals surface area (Å²) < 4.78 is 10.5. The number of hydrogen-bond acceptors (Lipinski definition) is 6. The number of fused-ring (bicyclic) bond motifs is 1. The standard InChI is InChI=1S/C14H14N4O2.ClH/c1-19-10-5-9(6-11(7-10)20-2)14-16-13-8-15-4-3-12(13)17-18-14;/h3-8,17H,1-2H3,(H,16,18);1H. The Hall–Kier alpha value is -2.47. The lowest BCUT2D eigenvalue weighted by molar-refractivity contribution is 0.394. The van der Waals surface area contributed by atoms with Crippen LogP contribution in [0.3, 0.4) is 0 Å². The molecule has 0 saturated heterocycles. The van der Waals surface area contributed by atoms with E-state index >= 15 is 0 Å². The van der Waals surface area contributed by atoms with E-state index in [1.165, 1.54) is 0 Å². The Bertz CT molecular complexity index is 654. The molecular weight excluding hydrogens is 292 g/mol. The first kappa shape index (κ1) is 14.9. The van der Waals surface area contributed by atoms with E-state index < -0.39 is 0 Å². The Morgan fingerprint density at radius 3 is 2.38 bits per heavy atom. The Balaban J connectivity index is 0.00000161. The molecule has 0 fully saturated rings. The number of ether oxygens (including phenoxy) is 2. The van der Waals surface area contributed by atoms with Crippen molar-refractivity contribution in [2.75, 3.05) is 19.6 Å². The molecule has 0 bridgehead atoms. The lowest BCUT2D eigenvalue weighted by atomic mass is 10.1. The average molecular weight is 307 g/mol. The van der Waals surface area contributed by atoms with Gasteiger partial charge in [0.05, 0.1) is 26.1 Å². The highest BCUT2D eigenvalue weighted by Gasteiger charge is 2.14. The number of amidine groups is 1. The zero-order valence-corrected chi connectivity index (χ0v) is 12.4. The van der Waals surface area contributed by atoms with Crippen LogP contribution in [-0.2, 0) is 0 Å². The molecule has 1 aliphatic heterocycles. The minimum atomic E-state index is 0. The number of anilines is 1. The fourth-order valence-electron chi connectivity index (χ4n) is 1.94. The normalized spacial score (nSPS) is 12.0. The van der Waals surface area contributed by atoms with Crippen molar-refractivity contribution in [1.82, 2.24) is 10.4 Å². The van der Waals surface area contributed by atoms with Crippen LogP contribution in [0.15, 0.2) is 41.7 Å². The van der Waals surface area contributed by atoms with Crippen LogP contribution >= 0.6 is 12.4 Å². The maximum absolute atomic E-state index is 5.26. The first-order valence-corrected chi connectivity index (χ1v) is 6.08. The molecule has 0 unspecified atom stereocenters. The van der Waals surface area contributed by atoms with Crippen molar-refractivity contribution >= 4 is 29.6 Å². The minimum absolute atomic E-state index is 0. The molecule has 3 rings (SSSR count). The second-order valence-corrected chi connectivity index (χ2v) is 4.20. The fraction of sp³-hybridized carbons (Fsp3) is 0.143. The van der Waals surface area contributed by atoms with E-state index in [-0.39, 0.29) is 12.4 Å². The van der Waals surface area contributed by atoms with Crippen LogP contribution in [-0.4, -0.2) is 25.0 Å². The smallest absolute Gasteiger partial charge is 0.152 e. The predicted octanol–water partition coefficient (Wildman–Crippen LogP) is 2.53. The lowest BCUT2D eigenvalue weighted by Crippen LogP contribution is -2.32. The molecule has 0 atom stereocenters. The van der Waals surface area contributed by atoms with E-state index in [1.807, 2.05) is 24.3 Å². The number of hydrazine groups is 1. The zero-order valence-electron chi connectivity index (χ0n) is 11.6. The van der Waals surface area contributed by atoms with Gasteiger partial charge in [0.1, 0.15) is 17.2 Å². The van der Waals surface area contributed by atoms with Gasteiger partial charge in [-0.15, -0.1) is 12.4 Å². The zero-order chi connectivity index (χ0) is 13.9. The molecule has 0 spiro atoms. The third-order valence-electron chi connectivity index (χ3n) is 2.97. The number of aliphatic imine (C=N–C) groups is 1. The summed E-state index contributed by atoms with van der Waals surface area (Å²) in [6.07, 6.45) is 3.42. The summed E-state index contributed by atoms with van der Waals surface area (Å²) in [5.41, 5.74) is 8.67. The van der Waals surface area contributed by atoms with Gasteiger partial charge in [0.2, 0.25) is 0 Å². The van der Waals surface area contributed by atoms with Crippen molar-refractivity contribution in [1.29, 1.82) is 0 Å². The van der Waals surface area contributed by atoms with Gasteiger partial charge in [0, 0.05) is 17.8 Å². The molecule has 2 heterocycles. The van der Waals surface area contributed by atoms with E-state index in [2.05, 4.69) is 20.8 Å². The summed E-state index contributed by atoms with van der Waals surface area (Å²) in [5, 5.41) is 0. The van der Waals surface area contributed by atoms with Gasteiger partial charge in [-0.2, -0.15) is 0 Å². The highest BCUT2D eigenvalue weighted by atomic mass is 35.5. The minimum Gasteiger partial charge on any atom is -0.497 e. The predicted molar refractivity (Wildman–Crippen MR) is 84.0 cm³/mol. The molecule has 110 valence electrons. The second-order valence-electron chi connectivity index (χ2n) is 4.20. The van der Waals surface area contributed by atoms with E-state index in [4.69, 9.17) is 9.47 Å². The molecule has 2 N–H and O–H groups in total. The number of aromatic nitrogens is 1. The SMILES string of the molecule is COc1cc(OC)cc(C2=Nc3cnccc3NN2)c1.Cl. The molecule has 7 heteroatoms. The molecule has 2 aromatic rings. The summed E-state index contributed by atoms with van der Waals surface area (Å²) in [5.74, 6) is 2.10. The van der Waals surface area contributed by atoms with Crippen LogP contribution in [0.1, 0.15) is 5.56 Å². The van der Waals surface area contributed by atoms with Crippen LogP contribution in [0.2, 0.25) is 0 Å². The molecule has 1 aliphatic rings. The Labute approximate surface area is 128 Å². The fourth-order valence-corrected chi connectivity index (χ4v) is 1.94. The van der Waals surface area contributed by atoms with Crippen LogP contribution in [0.5, 0.6) is 11.5 Å². The third-order valence-corrected chi connectivity index (χ3v) is 2.97. The van der Waals surface area contributed by atoms with Gasteiger partial charge in [-0.25, -0.2) is 4.99 Å². The Morgan fingerprint density at radius 1 is 1.00 bits per heavy atom. The molecule has 21 heavy (non-hydrogen) atoms. The number of benzene rings is 1. The topological polar surface area (TPSA) is 67.8 Å². The molecule has 0 saturated carbocycles. The van der Waals surface area contributed by atoms with Gasteiger partial charge in [-0.3, -0.25) is 15.8 Å². The van der Waals surface area contributed by atoms with E-state index in [9.17, 15) is 0 Å². The second kappa shape index (κ2) is 6.32. The molecular formula is C14H15ClN4O2. The Morgan fingerprint density at radius 2 is 1.71 bits per heavy atom. The van der Waals surface area contributed by atoms with Gasteiger partial charge in [-0.1, -0.05) is 0 Å². The van der Waals surface area contributed by atoms with Crippen molar-refractivity contribution < 1.29 is 9.47 Å². The summed E-state index contributed by atoms with van der Waals surface area (Å²) in [4.78, 5) is 8.61. The number of nitrogens with one attached hydrogen (secondary N) is 2. The number of halogens is 1. The van der Waals surface area contributed by atoms with Crippen molar-refractivity contribution in [3.8, 4) is 11.5 Å². The summed E-state index contributed by atoms with van der Waals surface area (Å²) in [6, 6.07) is 7.44. The van der Waals surface area contributed by atoms with Gasteiger partial charge >= 0.3 is 0 Å². The van der Waals surface area contributed by atoms with E-state index in [0.29, 0.717) is 17.3 Å². The van der Waals surface area contributed by atoms with Gasteiger partial charge in [0.15, 0.2) is 5.84 Å². The highest BCUT2D eigenvalue weighted by Crippen LogP contribution is 2.28. The van der Waals surface area contributed by atoms with E-state index in [0.717, 1.165) is 16.9 Å². The monoisotopic (exact) mass is 306 g/mol. The van der Waals surface area contributed by atoms with Gasteiger partial charge in [0.25, 0.3) is 0 Å². The summed E-state index contributed by atoms with van der Waals surface area (Å²) >= 11 is 0. The lowest BCUT2D eigenvalue weighted by Gasteiger charge is -2.19. The number of nitrogens with zero attached hydrogens (tertiary/aromatic N) is 2. The van der Waals surface area contributed by atoms with Crippen LogP contribution in [0.4, 0.5) is 11.4 Å². The van der Waals surface area contributed by atoms with Crippen molar-refractivity contribution in [3.63, 3.8) is 0 Å². The first-order valence-electron chi connectivity index (χ1n) is 6.08. The summed E-state index contributed by atoms with van der Waals surface area (Å²) in [6.45, 7) is 0. The Kier molecular flexibility index (Phi) is 4.49. The number of hydrogen-bond donors (Lipinski definition) is 2. The van der Waals surface area contributed by atoms with E-state index in [1.54, 1.807) is 26.6 Å². The highest BCUT2D eigenvalue weighted by molar-refractivity contribution is 6.03. The molecule has 0 radical (unpaired) electrons. The van der Waals surface area contributed by atoms with Crippen LogP contribution < -0.4 is 20.3 Å². The van der Waals surface area contributed by atoms with Crippen molar-refractivity contribution in [2.45, 2.75) is 0 Å². The van der Waals surface area contributed by atoms with Gasteiger partial charge < -0.3 is 9.47 Å². The number of methoxy groups -OCH3 is 2.